The molecule has 12 nitrogen and oxygen atoms in total. The van der Waals surface area contributed by atoms with Gasteiger partial charge in [-0.2, -0.15) is 0 Å². The topological polar surface area (TPSA) is 299 Å². The van der Waals surface area contributed by atoms with Crippen LogP contribution in [0.5, 0.6) is 0 Å². The largest absolute Gasteiger partial charge is 3.00 e. The maximum atomic E-state index is 6.25. The molecule has 0 unspecified atom stereocenters. The minimum absolute atomic E-state index is 0. The van der Waals surface area contributed by atoms with Crippen LogP contribution in [0.25, 0.3) is 0 Å². The van der Waals surface area contributed by atoms with Gasteiger partial charge in [0.05, 0.1) is 0 Å². The molecule has 0 aromatic carbocycles. The van der Waals surface area contributed by atoms with Crippen LogP contribution in [-0.4, -0.2) is 39.3 Å². The van der Waals surface area contributed by atoms with Gasteiger partial charge < -0.3 is 105 Å². The van der Waals surface area contributed by atoms with Gasteiger partial charge in [-0.05, 0) is 0 Å². The van der Waals surface area contributed by atoms with Crippen LogP contribution in [0.4, 0.5) is 0 Å². The summed E-state index contributed by atoms with van der Waals surface area (Å²) in [6.45, 7) is 32.1. The van der Waals surface area contributed by atoms with Crippen molar-refractivity contribution in [1.29, 1.82) is 31.6 Å². The number of rotatable bonds is 3. The first-order valence-electron chi connectivity index (χ1n) is 5.29. The van der Waals surface area contributed by atoms with E-state index in [9.17, 15) is 0 Å². The molecular weight excluding hydrogens is 955 g/mol. The first-order valence-corrected chi connectivity index (χ1v) is 5.29. The summed E-state index contributed by atoms with van der Waals surface area (Å²) in [5, 5.41) is 37.5. The van der Waals surface area contributed by atoms with Crippen LogP contribution in [0.1, 0.15) is 0 Å². The van der Waals surface area contributed by atoms with Crippen LogP contribution in [0.15, 0.2) is 0 Å². The fourth-order valence-electron chi connectivity index (χ4n) is 0. The van der Waals surface area contributed by atoms with Crippen LogP contribution >= 0.6 is 0 Å². The molecule has 0 aliphatic rings. The Morgan fingerprint density at radius 1 is 0.321 bits per heavy atom. The van der Waals surface area contributed by atoms with Gasteiger partial charge in [0.25, 0.3) is 0 Å². The standard InChI is InChI=1S/3C2H8N2.6CN.3Au.Cr/c3*3-1-2-4;6*1-2;;;;/h3*1-4H2;;;;;;;;;;/q;;;6*-1;3*+1;+3. The van der Waals surface area contributed by atoms with Crippen LogP contribution in [-0.2, 0) is 84.5 Å². The molecule has 0 heterocycles. The SMILES string of the molecule is NCCN.NCCN.NCCN.[Au+].[Au+].[Au+].[C-]#N.[C-]#N.[C-]#N.[C-]#N.[C-]#N.[C-]#N.[Cr+3]. The molecule has 0 bridgehead atoms. The van der Waals surface area contributed by atoms with Crippen molar-refractivity contribution in [3.63, 3.8) is 0 Å². The third kappa shape index (κ3) is 2530. The molecule has 0 saturated heterocycles. The molecule has 12 N–H and O–H groups in total. The molecule has 0 spiro atoms. The molecular formula is C12H24Au3CrN12. The smallest absolute Gasteiger partial charge is 0.512 e. The zero-order chi connectivity index (χ0) is 22.2. The van der Waals surface area contributed by atoms with Crippen molar-refractivity contribution in [2.75, 3.05) is 39.3 Å². The maximum Gasteiger partial charge on any atom is 3.00 e. The fraction of sp³-hybridized carbons (Fsp3) is 0.500. The second-order valence-electron chi connectivity index (χ2n) is 1.73. The van der Waals surface area contributed by atoms with Gasteiger partial charge in [-0.25, -0.2) is 0 Å². The zero-order valence-electron chi connectivity index (χ0n) is 14.7. The average Bonchev–Trinajstić information content (AvgIpc) is 2.76. The van der Waals surface area contributed by atoms with Crippen molar-refractivity contribution in [3.8, 4) is 0 Å². The molecule has 0 fully saturated rings. The summed E-state index contributed by atoms with van der Waals surface area (Å²) in [6, 6.07) is 0. The predicted octanol–water partition coefficient (Wildman–Crippen LogP) is -2.72. The molecule has 0 aliphatic heterocycles. The summed E-state index contributed by atoms with van der Waals surface area (Å²) >= 11 is 0. The van der Waals surface area contributed by atoms with Crippen LogP contribution < -0.4 is 34.4 Å². The van der Waals surface area contributed by atoms with Crippen molar-refractivity contribution in [2.24, 2.45) is 34.4 Å². The predicted molar refractivity (Wildman–Crippen MR) is 84.1 cm³/mol. The van der Waals surface area contributed by atoms with E-state index in [0.29, 0.717) is 39.3 Å². The molecule has 0 saturated carbocycles. The van der Waals surface area contributed by atoms with E-state index in [1.807, 2.05) is 0 Å². The third-order valence-electron chi connectivity index (χ3n) is 0.500. The molecule has 0 aliphatic carbocycles. The summed E-state index contributed by atoms with van der Waals surface area (Å²) in [4.78, 5) is 0. The van der Waals surface area contributed by atoms with E-state index in [1.54, 1.807) is 0 Å². The van der Waals surface area contributed by atoms with Gasteiger partial charge in [0.1, 0.15) is 0 Å². The van der Waals surface area contributed by atoms with Gasteiger partial charge >= 0.3 is 84.5 Å². The van der Waals surface area contributed by atoms with Gasteiger partial charge in [0.2, 0.25) is 0 Å². The van der Waals surface area contributed by atoms with Crippen molar-refractivity contribution in [2.45, 2.75) is 0 Å². The summed E-state index contributed by atoms with van der Waals surface area (Å²) < 4.78 is 0. The molecule has 16 heteroatoms. The van der Waals surface area contributed by atoms with Gasteiger partial charge in [0.15, 0.2) is 0 Å². The van der Waals surface area contributed by atoms with Crippen molar-refractivity contribution in [3.05, 3.63) is 39.4 Å². The van der Waals surface area contributed by atoms with E-state index in [4.69, 9.17) is 105 Å². The Morgan fingerprint density at radius 3 is 0.357 bits per heavy atom. The maximum absolute atomic E-state index is 6.25. The van der Waals surface area contributed by atoms with Gasteiger partial charge in [-0.3, -0.25) is 0 Å². The summed E-state index contributed by atoms with van der Waals surface area (Å²) in [6.07, 6.45) is 0. The van der Waals surface area contributed by atoms with Crippen LogP contribution in [0.3, 0.4) is 0 Å². The molecule has 28 heavy (non-hydrogen) atoms. The van der Waals surface area contributed by atoms with E-state index < -0.39 is 0 Å². The molecule has 0 aromatic rings. The Kier molecular flexibility index (Phi) is 1890. The number of hydrogen-bond acceptors (Lipinski definition) is 12. The first-order chi connectivity index (χ1) is 11.7. The number of nitrogens with zero attached hydrogens (tertiary/aromatic N) is 6. The fourth-order valence-corrected chi connectivity index (χ4v) is 0. The summed E-state index contributed by atoms with van der Waals surface area (Å²) in [7, 11) is 0. The zero-order valence-corrected chi connectivity index (χ0v) is 22.5. The number of hydrogen-bond donors (Lipinski definition) is 6. The minimum atomic E-state index is 0. The molecule has 0 aromatic heterocycles. The van der Waals surface area contributed by atoms with E-state index in [0.717, 1.165) is 0 Å². The average molecular weight is 979 g/mol. The van der Waals surface area contributed by atoms with E-state index in [2.05, 4.69) is 0 Å². The second-order valence-corrected chi connectivity index (χ2v) is 1.73. The minimum Gasteiger partial charge on any atom is -0.512 e. The molecule has 171 valence electrons. The van der Waals surface area contributed by atoms with Crippen LogP contribution in [0.2, 0.25) is 0 Å². The molecule has 1 radical (unpaired) electrons. The Balaban J connectivity index is -0.00000000826. The van der Waals surface area contributed by atoms with Gasteiger partial charge in [0, 0.05) is 39.3 Å². The van der Waals surface area contributed by atoms with Crippen molar-refractivity contribution < 1.29 is 84.5 Å². The number of nitrogens with two attached hydrogens (primary N) is 6. The normalized spacial score (nSPS) is 3.64. The Hall–Kier alpha value is -0.547. The Bertz CT molecular complexity index is 173. The van der Waals surface area contributed by atoms with Gasteiger partial charge in [-0.15, -0.1) is 0 Å². The summed E-state index contributed by atoms with van der Waals surface area (Å²) in [5.74, 6) is 0. The second kappa shape index (κ2) is 576. The summed E-state index contributed by atoms with van der Waals surface area (Å²) in [5.41, 5.74) is 29.4. The molecule has 0 rings (SSSR count). The van der Waals surface area contributed by atoms with Crippen LogP contribution in [0, 0.1) is 71.0 Å². The Labute approximate surface area is 227 Å². The quantitative estimate of drug-likeness (QED) is 0.124. The van der Waals surface area contributed by atoms with E-state index >= 15 is 0 Å². The first kappa shape index (κ1) is 92.0. The third-order valence-corrected chi connectivity index (χ3v) is 0.500. The van der Waals surface area contributed by atoms with E-state index in [1.165, 1.54) is 0 Å². The Morgan fingerprint density at radius 2 is 0.357 bits per heavy atom. The van der Waals surface area contributed by atoms with Gasteiger partial charge in [-0.1, -0.05) is 0 Å². The molecule has 0 amide bonds. The molecule has 0 atom stereocenters. The van der Waals surface area contributed by atoms with Crippen molar-refractivity contribution in [1.82, 2.24) is 0 Å². The van der Waals surface area contributed by atoms with Crippen molar-refractivity contribution >= 4 is 0 Å². The monoisotopic (exact) mass is 979 g/mol. The van der Waals surface area contributed by atoms with E-state index in [-0.39, 0.29) is 84.5 Å².